The zero-order valence-electron chi connectivity index (χ0n) is 19.0. The van der Waals surface area contributed by atoms with Crippen molar-refractivity contribution < 1.29 is 19.4 Å². The fourth-order valence-corrected chi connectivity index (χ4v) is 5.44. The van der Waals surface area contributed by atoms with Gasteiger partial charge in [-0.3, -0.25) is 9.69 Å². The lowest BCUT2D eigenvalue weighted by molar-refractivity contribution is -0.138. The van der Waals surface area contributed by atoms with Crippen molar-refractivity contribution in [1.82, 2.24) is 10.2 Å². The molecule has 32 heavy (non-hydrogen) atoms. The van der Waals surface area contributed by atoms with E-state index in [1.54, 1.807) is 14.2 Å². The molecule has 1 heterocycles. The van der Waals surface area contributed by atoms with Crippen LogP contribution in [0.5, 0.6) is 11.5 Å². The first kappa shape index (κ1) is 22.6. The van der Waals surface area contributed by atoms with Gasteiger partial charge >= 0.3 is 0 Å². The Morgan fingerprint density at radius 3 is 2.69 bits per heavy atom. The second kappa shape index (κ2) is 9.92. The van der Waals surface area contributed by atoms with Gasteiger partial charge in [0.2, 0.25) is 5.91 Å². The van der Waals surface area contributed by atoms with Crippen molar-refractivity contribution in [2.75, 3.05) is 27.3 Å². The number of carbonyl (C=O) groups excluding carboxylic acids is 1. The van der Waals surface area contributed by atoms with E-state index in [0.717, 1.165) is 48.3 Å². The van der Waals surface area contributed by atoms with E-state index in [-0.39, 0.29) is 24.4 Å². The Kier molecular flexibility index (Phi) is 7.01. The van der Waals surface area contributed by atoms with Gasteiger partial charge in [0.25, 0.3) is 0 Å². The van der Waals surface area contributed by atoms with E-state index >= 15 is 0 Å². The second-order valence-electron chi connectivity index (χ2n) is 8.99. The lowest BCUT2D eigenvalue weighted by Crippen LogP contribution is -2.56. The standard InChI is InChI=1S/C26H34N2O4/c1-31-20-11-12-23(32-2)21(16-20)25-22-10-6-7-13-26(22,30)14-15-28(25)18-24(29)27-17-19-8-4-3-5-9-19/h3-5,8-9,11-12,16,22,25,30H,6-7,10,13-15,17-18H2,1-2H3,(H,27,29)/t22-,25-,26-/m0/s1. The highest BCUT2D eigenvalue weighted by atomic mass is 16.5. The van der Waals surface area contributed by atoms with E-state index in [4.69, 9.17) is 9.47 Å². The SMILES string of the molecule is COc1ccc(OC)c([C@H]2[C@@H]3CCCC[C@]3(O)CCN2CC(=O)NCc2ccccc2)c1. The van der Waals surface area contributed by atoms with Crippen molar-refractivity contribution in [2.24, 2.45) is 5.92 Å². The lowest BCUT2D eigenvalue weighted by atomic mass is 9.66. The van der Waals surface area contributed by atoms with E-state index in [1.165, 1.54) is 0 Å². The van der Waals surface area contributed by atoms with Gasteiger partial charge < -0.3 is 19.9 Å². The van der Waals surface area contributed by atoms with Gasteiger partial charge in [-0.05, 0) is 43.0 Å². The van der Waals surface area contributed by atoms with Crippen LogP contribution in [0, 0.1) is 5.92 Å². The van der Waals surface area contributed by atoms with Crippen LogP contribution in [0.25, 0.3) is 0 Å². The monoisotopic (exact) mass is 438 g/mol. The van der Waals surface area contributed by atoms with E-state index in [0.29, 0.717) is 19.5 Å². The number of benzene rings is 2. The van der Waals surface area contributed by atoms with Crippen LogP contribution in [-0.2, 0) is 11.3 Å². The van der Waals surface area contributed by atoms with Crippen molar-refractivity contribution in [3.63, 3.8) is 0 Å². The molecule has 1 amide bonds. The van der Waals surface area contributed by atoms with Crippen molar-refractivity contribution >= 4 is 5.91 Å². The van der Waals surface area contributed by atoms with Crippen LogP contribution in [0.2, 0.25) is 0 Å². The minimum atomic E-state index is -0.700. The number of amides is 1. The van der Waals surface area contributed by atoms with Crippen LogP contribution in [0.15, 0.2) is 48.5 Å². The Balaban J connectivity index is 1.60. The fourth-order valence-electron chi connectivity index (χ4n) is 5.44. The third kappa shape index (κ3) is 4.76. The molecule has 2 aromatic carbocycles. The van der Waals surface area contributed by atoms with E-state index in [2.05, 4.69) is 10.2 Å². The van der Waals surface area contributed by atoms with Crippen LogP contribution in [0.4, 0.5) is 0 Å². The van der Waals surface area contributed by atoms with Crippen LogP contribution in [-0.4, -0.2) is 48.8 Å². The Morgan fingerprint density at radius 2 is 1.94 bits per heavy atom. The molecule has 0 spiro atoms. The summed E-state index contributed by atoms with van der Waals surface area (Å²) in [5.74, 6) is 1.55. The number of hydrogen-bond acceptors (Lipinski definition) is 5. The Hall–Kier alpha value is -2.57. The number of carbonyl (C=O) groups is 1. The van der Waals surface area contributed by atoms with Gasteiger partial charge in [0.05, 0.1) is 26.4 Å². The van der Waals surface area contributed by atoms with Gasteiger partial charge in [-0.25, -0.2) is 0 Å². The number of nitrogens with zero attached hydrogens (tertiary/aromatic N) is 1. The largest absolute Gasteiger partial charge is 0.497 e. The third-order valence-corrected chi connectivity index (χ3v) is 7.11. The fraction of sp³-hybridized carbons (Fsp3) is 0.500. The summed E-state index contributed by atoms with van der Waals surface area (Å²) in [5, 5.41) is 14.6. The van der Waals surface area contributed by atoms with Crippen molar-refractivity contribution in [3.05, 3.63) is 59.7 Å². The maximum atomic E-state index is 12.9. The van der Waals surface area contributed by atoms with E-state index in [1.807, 2.05) is 48.5 Å². The molecule has 2 aromatic rings. The molecule has 172 valence electrons. The number of piperidine rings is 1. The van der Waals surface area contributed by atoms with Gasteiger partial charge in [-0.1, -0.05) is 43.2 Å². The van der Waals surface area contributed by atoms with Gasteiger partial charge in [-0.2, -0.15) is 0 Å². The molecule has 1 saturated carbocycles. The molecular formula is C26H34N2O4. The first-order valence-electron chi connectivity index (χ1n) is 11.5. The van der Waals surface area contributed by atoms with Crippen molar-refractivity contribution in [3.8, 4) is 11.5 Å². The average molecular weight is 439 g/mol. The molecule has 6 nitrogen and oxygen atoms in total. The molecule has 1 aliphatic heterocycles. The van der Waals surface area contributed by atoms with Crippen LogP contribution >= 0.6 is 0 Å². The first-order valence-corrected chi connectivity index (χ1v) is 11.5. The zero-order valence-corrected chi connectivity index (χ0v) is 19.0. The van der Waals surface area contributed by atoms with Crippen molar-refractivity contribution in [1.29, 1.82) is 0 Å². The highest BCUT2D eigenvalue weighted by Crippen LogP contribution is 2.51. The van der Waals surface area contributed by atoms with E-state index in [9.17, 15) is 9.90 Å². The predicted octanol–water partition coefficient (Wildman–Crippen LogP) is 3.69. The molecule has 2 aliphatic rings. The third-order valence-electron chi connectivity index (χ3n) is 7.11. The molecule has 0 unspecified atom stereocenters. The summed E-state index contributed by atoms with van der Waals surface area (Å²) in [4.78, 5) is 15.1. The number of rotatable bonds is 7. The summed E-state index contributed by atoms with van der Waals surface area (Å²) in [6.45, 7) is 1.45. The number of methoxy groups -OCH3 is 2. The predicted molar refractivity (Wildman–Crippen MR) is 124 cm³/mol. The molecule has 2 fully saturated rings. The molecule has 0 radical (unpaired) electrons. The van der Waals surface area contributed by atoms with Gasteiger partial charge in [0.15, 0.2) is 0 Å². The quantitative estimate of drug-likeness (QED) is 0.690. The summed E-state index contributed by atoms with van der Waals surface area (Å²) in [6, 6.07) is 15.6. The number of likely N-dealkylation sites (tertiary alicyclic amines) is 1. The summed E-state index contributed by atoms with van der Waals surface area (Å²) >= 11 is 0. The smallest absolute Gasteiger partial charge is 0.234 e. The molecule has 2 N–H and O–H groups in total. The molecule has 4 rings (SSSR count). The summed E-state index contributed by atoms with van der Waals surface area (Å²) in [5.41, 5.74) is 1.36. The van der Waals surface area contributed by atoms with E-state index < -0.39 is 5.60 Å². The molecule has 3 atom stereocenters. The van der Waals surface area contributed by atoms with Crippen LogP contribution < -0.4 is 14.8 Å². The Morgan fingerprint density at radius 1 is 1.12 bits per heavy atom. The molecule has 1 saturated heterocycles. The van der Waals surface area contributed by atoms with Gasteiger partial charge in [-0.15, -0.1) is 0 Å². The highest BCUT2D eigenvalue weighted by molar-refractivity contribution is 5.78. The van der Waals surface area contributed by atoms with Gasteiger partial charge in [0, 0.05) is 30.6 Å². The number of fused-ring (bicyclic) bond motifs is 1. The molecule has 1 aliphatic carbocycles. The maximum Gasteiger partial charge on any atom is 0.234 e. The summed E-state index contributed by atoms with van der Waals surface area (Å²) in [7, 11) is 3.32. The molecular weight excluding hydrogens is 404 g/mol. The topological polar surface area (TPSA) is 71.0 Å². The lowest BCUT2D eigenvalue weighted by Gasteiger charge is -2.52. The molecule has 0 bridgehead atoms. The molecule has 6 heteroatoms. The number of hydrogen-bond donors (Lipinski definition) is 2. The van der Waals surface area contributed by atoms with Crippen molar-refractivity contribution in [2.45, 2.75) is 50.3 Å². The van der Waals surface area contributed by atoms with Crippen LogP contribution in [0.1, 0.15) is 49.3 Å². The zero-order chi connectivity index (χ0) is 22.6. The number of nitrogens with one attached hydrogen (secondary N) is 1. The Bertz CT molecular complexity index is 919. The van der Waals surface area contributed by atoms with Gasteiger partial charge in [0.1, 0.15) is 11.5 Å². The number of aliphatic hydroxyl groups is 1. The maximum absolute atomic E-state index is 12.9. The minimum absolute atomic E-state index is 0.0121. The summed E-state index contributed by atoms with van der Waals surface area (Å²) < 4.78 is 11.2. The Labute approximate surface area is 190 Å². The minimum Gasteiger partial charge on any atom is -0.497 e. The normalized spacial score (nSPS) is 25.6. The van der Waals surface area contributed by atoms with Crippen LogP contribution in [0.3, 0.4) is 0 Å². The highest BCUT2D eigenvalue weighted by Gasteiger charge is 2.49. The molecule has 0 aromatic heterocycles. The first-order chi connectivity index (χ1) is 15.5. The number of ether oxygens (including phenoxy) is 2. The average Bonchev–Trinajstić information content (AvgIpc) is 2.83. The summed E-state index contributed by atoms with van der Waals surface area (Å²) in [6.07, 6.45) is 4.57. The second-order valence-corrected chi connectivity index (χ2v) is 8.99.